The molecule has 1 aliphatic heterocycles. The van der Waals surface area contributed by atoms with Gasteiger partial charge in [0.25, 0.3) is 0 Å². The van der Waals surface area contributed by atoms with Gasteiger partial charge in [-0.2, -0.15) is 10.1 Å². The van der Waals surface area contributed by atoms with Gasteiger partial charge in [0, 0.05) is 13.1 Å². The molecule has 0 radical (unpaired) electrons. The largest absolute Gasteiger partial charge is 0.355 e. The Labute approximate surface area is 131 Å². The number of anilines is 2. The Balaban J connectivity index is 1.71. The molecule has 116 valence electrons. The molecule has 2 atom stereocenters. The number of hydrogen-bond acceptors (Lipinski definition) is 5. The standard InChI is InChI=1S/C17H23N5/c1-13-7-6-10-22(12-13)16-11-18-21-17(20-16)19-14(2)15-8-4-3-5-9-15/h3-5,8-9,11,13-14H,6-7,10,12H2,1-2H3,(H,19,20,21). The molecule has 2 aromatic rings. The van der Waals surface area contributed by atoms with E-state index < -0.39 is 0 Å². The fraction of sp³-hybridized carbons (Fsp3) is 0.471. The third-order valence-corrected chi connectivity index (χ3v) is 4.17. The van der Waals surface area contributed by atoms with Gasteiger partial charge < -0.3 is 10.2 Å². The number of nitrogens with one attached hydrogen (secondary N) is 1. The van der Waals surface area contributed by atoms with Crippen LogP contribution in [0.4, 0.5) is 11.8 Å². The summed E-state index contributed by atoms with van der Waals surface area (Å²) in [6.07, 6.45) is 4.27. The van der Waals surface area contributed by atoms with Crippen molar-refractivity contribution < 1.29 is 0 Å². The monoisotopic (exact) mass is 297 g/mol. The van der Waals surface area contributed by atoms with Crippen LogP contribution in [0.15, 0.2) is 36.5 Å². The SMILES string of the molecule is CC1CCCN(c2cnnc(NC(C)c3ccccc3)n2)C1. The van der Waals surface area contributed by atoms with Gasteiger partial charge in [0.1, 0.15) is 0 Å². The average molecular weight is 297 g/mol. The zero-order valence-corrected chi connectivity index (χ0v) is 13.2. The highest BCUT2D eigenvalue weighted by Gasteiger charge is 2.18. The molecule has 0 aliphatic carbocycles. The van der Waals surface area contributed by atoms with E-state index in [9.17, 15) is 0 Å². The first-order valence-corrected chi connectivity index (χ1v) is 7.98. The summed E-state index contributed by atoms with van der Waals surface area (Å²) in [6.45, 7) is 6.49. The lowest BCUT2D eigenvalue weighted by Crippen LogP contribution is -2.35. The molecule has 2 unspecified atom stereocenters. The minimum absolute atomic E-state index is 0.151. The summed E-state index contributed by atoms with van der Waals surface area (Å²) in [4.78, 5) is 6.94. The molecule has 2 heterocycles. The van der Waals surface area contributed by atoms with Gasteiger partial charge in [-0.05, 0) is 31.2 Å². The van der Waals surface area contributed by atoms with E-state index in [1.165, 1.54) is 18.4 Å². The van der Waals surface area contributed by atoms with Gasteiger partial charge in [0.2, 0.25) is 5.95 Å². The first-order valence-electron chi connectivity index (χ1n) is 7.98. The highest BCUT2D eigenvalue weighted by atomic mass is 15.3. The molecule has 1 N–H and O–H groups in total. The maximum atomic E-state index is 4.64. The van der Waals surface area contributed by atoms with E-state index >= 15 is 0 Å². The molecular weight excluding hydrogens is 274 g/mol. The Kier molecular flexibility index (Phi) is 4.51. The van der Waals surface area contributed by atoms with Crippen LogP contribution in [-0.4, -0.2) is 28.3 Å². The lowest BCUT2D eigenvalue weighted by atomic mass is 10.0. The average Bonchev–Trinajstić information content (AvgIpc) is 2.56. The highest BCUT2D eigenvalue weighted by Crippen LogP contribution is 2.22. The van der Waals surface area contributed by atoms with Crippen LogP contribution in [0.3, 0.4) is 0 Å². The number of nitrogens with zero attached hydrogens (tertiary/aromatic N) is 4. The third-order valence-electron chi connectivity index (χ3n) is 4.17. The predicted octanol–water partition coefficient (Wildman–Crippen LogP) is 3.28. The molecule has 5 heteroatoms. The third kappa shape index (κ3) is 3.53. The van der Waals surface area contributed by atoms with E-state index in [1.54, 1.807) is 6.20 Å². The molecule has 0 amide bonds. The van der Waals surface area contributed by atoms with Crippen molar-refractivity contribution in [1.82, 2.24) is 15.2 Å². The van der Waals surface area contributed by atoms with Crippen molar-refractivity contribution in [2.24, 2.45) is 5.92 Å². The Hall–Kier alpha value is -2.17. The quantitative estimate of drug-likeness (QED) is 0.938. The van der Waals surface area contributed by atoms with Gasteiger partial charge in [0.15, 0.2) is 5.82 Å². The van der Waals surface area contributed by atoms with Gasteiger partial charge in [-0.1, -0.05) is 37.3 Å². The maximum Gasteiger partial charge on any atom is 0.245 e. The van der Waals surface area contributed by atoms with Crippen molar-refractivity contribution in [1.29, 1.82) is 0 Å². The van der Waals surface area contributed by atoms with Crippen molar-refractivity contribution >= 4 is 11.8 Å². The Morgan fingerprint density at radius 2 is 2.09 bits per heavy atom. The maximum absolute atomic E-state index is 4.64. The van der Waals surface area contributed by atoms with Crippen LogP contribution in [0.1, 0.15) is 38.3 Å². The highest BCUT2D eigenvalue weighted by molar-refractivity contribution is 5.41. The summed E-state index contributed by atoms with van der Waals surface area (Å²) in [5.74, 6) is 2.22. The molecule has 1 aromatic heterocycles. The van der Waals surface area contributed by atoms with Crippen molar-refractivity contribution in [2.45, 2.75) is 32.7 Å². The number of rotatable bonds is 4. The van der Waals surface area contributed by atoms with Crippen LogP contribution < -0.4 is 10.2 Å². The second-order valence-corrected chi connectivity index (χ2v) is 6.11. The van der Waals surface area contributed by atoms with E-state index in [-0.39, 0.29) is 6.04 Å². The zero-order valence-electron chi connectivity index (χ0n) is 13.2. The number of piperidine rings is 1. The Morgan fingerprint density at radius 1 is 1.27 bits per heavy atom. The topological polar surface area (TPSA) is 53.9 Å². The molecule has 0 saturated carbocycles. The molecule has 1 aromatic carbocycles. The van der Waals surface area contributed by atoms with E-state index in [1.807, 2.05) is 18.2 Å². The molecule has 5 nitrogen and oxygen atoms in total. The fourth-order valence-corrected chi connectivity index (χ4v) is 2.92. The van der Waals surface area contributed by atoms with Gasteiger partial charge in [-0.25, -0.2) is 0 Å². The van der Waals surface area contributed by atoms with Gasteiger partial charge >= 0.3 is 0 Å². The minimum atomic E-state index is 0.151. The van der Waals surface area contributed by atoms with Crippen molar-refractivity contribution in [3.05, 3.63) is 42.1 Å². The normalized spacial score (nSPS) is 19.7. The Bertz CT molecular complexity index is 601. The molecule has 1 saturated heterocycles. The summed E-state index contributed by atoms with van der Waals surface area (Å²) in [5, 5.41) is 11.6. The van der Waals surface area contributed by atoms with Crippen LogP contribution >= 0.6 is 0 Å². The van der Waals surface area contributed by atoms with E-state index in [2.05, 4.69) is 51.4 Å². The number of hydrogen-bond donors (Lipinski definition) is 1. The smallest absolute Gasteiger partial charge is 0.245 e. The predicted molar refractivity (Wildman–Crippen MR) is 88.9 cm³/mol. The molecule has 1 aliphatic rings. The number of benzene rings is 1. The summed E-state index contributed by atoms with van der Waals surface area (Å²) in [5.41, 5.74) is 1.21. The number of aromatic nitrogens is 3. The van der Waals surface area contributed by atoms with Crippen molar-refractivity contribution in [3.8, 4) is 0 Å². The van der Waals surface area contributed by atoms with Crippen molar-refractivity contribution in [3.63, 3.8) is 0 Å². The lowest BCUT2D eigenvalue weighted by molar-refractivity contribution is 0.444. The van der Waals surface area contributed by atoms with Crippen LogP contribution in [0.25, 0.3) is 0 Å². The van der Waals surface area contributed by atoms with Gasteiger partial charge in [-0.3, -0.25) is 0 Å². The van der Waals surface area contributed by atoms with Crippen LogP contribution in [0, 0.1) is 5.92 Å². The van der Waals surface area contributed by atoms with Gasteiger partial charge in [-0.15, -0.1) is 5.10 Å². The summed E-state index contributed by atoms with van der Waals surface area (Å²) in [6, 6.07) is 10.4. The van der Waals surface area contributed by atoms with Crippen molar-refractivity contribution in [2.75, 3.05) is 23.3 Å². The van der Waals surface area contributed by atoms with Crippen LogP contribution in [0.2, 0.25) is 0 Å². The van der Waals surface area contributed by atoms with E-state index in [4.69, 9.17) is 0 Å². The van der Waals surface area contributed by atoms with E-state index in [0.717, 1.165) is 18.9 Å². The molecule has 3 rings (SSSR count). The minimum Gasteiger partial charge on any atom is -0.355 e. The molecule has 1 fully saturated rings. The first kappa shape index (κ1) is 14.8. The van der Waals surface area contributed by atoms with Crippen LogP contribution in [-0.2, 0) is 0 Å². The van der Waals surface area contributed by atoms with Crippen LogP contribution in [0.5, 0.6) is 0 Å². The summed E-state index contributed by atoms with van der Waals surface area (Å²) >= 11 is 0. The van der Waals surface area contributed by atoms with E-state index in [0.29, 0.717) is 11.9 Å². The summed E-state index contributed by atoms with van der Waals surface area (Å²) < 4.78 is 0. The Morgan fingerprint density at radius 3 is 2.86 bits per heavy atom. The second kappa shape index (κ2) is 6.73. The fourth-order valence-electron chi connectivity index (χ4n) is 2.92. The molecule has 0 spiro atoms. The first-order chi connectivity index (χ1) is 10.7. The lowest BCUT2D eigenvalue weighted by Gasteiger charge is -2.31. The molecule has 0 bridgehead atoms. The molecule has 22 heavy (non-hydrogen) atoms. The van der Waals surface area contributed by atoms with Gasteiger partial charge in [0.05, 0.1) is 12.2 Å². The second-order valence-electron chi connectivity index (χ2n) is 6.11. The summed E-state index contributed by atoms with van der Waals surface area (Å²) in [7, 11) is 0. The zero-order chi connectivity index (χ0) is 15.4. The molecular formula is C17H23N5.